The summed E-state index contributed by atoms with van der Waals surface area (Å²) in [4.78, 5) is 40.2. The van der Waals surface area contributed by atoms with Crippen molar-refractivity contribution < 1.29 is 56.2 Å². The fraction of sp³-hybridized carbons (Fsp3) is 0.643. The fourth-order valence-corrected chi connectivity index (χ4v) is 8.47. The molecule has 4 rings (SSSR count). The van der Waals surface area contributed by atoms with Crippen LogP contribution in [0.25, 0.3) is 11.2 Å². The average Bonchev–Trinajstić information content (AvgIpc) is 3.43. The molecule has 2 aliphatic rings. The lowest BCUT2D eigenvalue weighted by molar-refractivity contribution is -0.256. The molecule has 0 aromatic carbocycles. The van der Waals surface area contributed by atoms with Crippen LogP contribution in [0.2, 0.25) is 0 Å². The first-order valence-corrected chi connectivity index (χ1v) is 16.3. The maximum absolute atomic E-state index is 12.4. The van der Waals surface area contributed by atoms with Gasteiger partial charge in [-0.2, -0.15) is 0 Å². The lowest BCUT2D eigenvalue weighted by Gasteiger charge is -2.30. The third kappa shape index (κ3) is 6.21. The Kier molecular flexibility index (Phi) is 8.07. The van der Waals surface area contributed by atoms with Crippen molar-refractivity contribution in [2.24, 2.45) is 0 Å². The number of fused-ring (bicyclic) bond motifs is 2. The third-order valence-corrected chi connectivity index (χ3v) is 10.8. The second-order valence-electron chi connectivity index (χ2n) is 7.57. The molecule has 5 N–H and O–H groups in total. The highest BCUT2D eigenvalue weighted by atomic mass is 32.2. The van der Waals surface area contributed by atoms with E-state index < -0.39 is 66.2 Å². The van der Waals surface area contributed by atoms with Crippen LogP contribution in [0.4, 0.5) is 5.82 Å². The van der Waals surface area contributed by atoms with Gasteiger partial charge in [-0.3, -0.25) is 18.0 Å². The predicted molar refractivity (Wildman–Crippen MR) is 123 cm³/mol. The summed E-state index contributed by atoms with van der Waals surface area (Å²) in [5.74, 6) is -1.44. The minimum Gasteiger partial charge on any atom is -0.443 e. The molecule has 2 aliphatic heterocycles. The van der Waals surface area contributed by atoms with E-state index in [2.05, 4.69) is 19.3 Å². The highest BCUT2D eigenvalue weighted by Crippen LogP contribution is 2.64. The summed E-state index contributed by atoms with van der Waals surface area (Å²) in [5.41, 5.74) is 6.64. The number of hydrogen-bond acceptors (Lipinski definition) is 14. The first-order chi connectivity index (χ1) is 16.7. The Morgan fingerprint density at radius 1 is 1.19 bits per heavy atom. The highest BCUT2D eigenvalue weighted by Gasteiger charge is 2.54. The van der Waals surface area contributed by atoms with Gasteiger partial charge in [0, 0.05) is 7.11 Å². The normalized spacial score (nSPS) is 29.8. The summed E-state index contributed by atoms with van der Waals surface area (Å²) in [6.45, 7) is -1.66. The number of anilines is 1. The number of nitrogens with two attached hydrogens (primary N) is 1. The van der Waals surface area contributed by atoms with Crippen LogP contribution in [0.1, 0.15) is 6.23 Å². The number of aromatic nitrogens is 4. The van der Waals surface area contributed by atoms with Crippen LogP contribution in [0.15, 0.2) is 11.5 Å². The highest BCUT2D eigenvalue weighted by molar-refractivity contribution is 7.98. The van der Waals surface area contributed by atoms with Gasteiger partial charge in [-0.25, -0.2) is 15.0 Å². The summed E-state index contributed by atoms with van der Waals surface area (Å²) < 4.78 is 68.7. The Bertz CT molecular complexity index is 1280. The van der Waals surface area contributed by atoms with Gasteiger partial charge in [0.05, 0.1) is 20.4 Å². The molecule has 0 aliphatic carbocycles. The van der Waals surface area contributed by atoms with Gasteiger partial charge in [-0.1, -0.05) is 11.8 Å². The molecular formula is C14H21BN5O12P3S-. The van der Waals surface area contributed by atoms with Gasteiger partial charge in [0.25, 0.3) is 6.48 Å². The zero-order chi connectivity index (χ0) is 26.5. The standard InChI is InChI=1S/C14H21BN5O12P3S/c1-27-14-30-8-6(3-28-35(15,26)32-34(24,25)5-33(21,22)23)29-12(9(8)31-14)20-4-17-7-10(16)18-13(36-2)19-11(7)20/h4,6,8-9,12,14H,3,5H2,1-2H3,(H,24,25)(H2,16,18,19)(H2,21,22,23)/q-1/t6-,8-,9-,12-,14?,35?/m1/s1. The van der Waals surface area contributed by atoms with Crippen LogP contribution in [0.3, 0.4) is 0 Å². The lowest BCUT2D eigenvalue weighted by Crippen LogP contribution is -2.31. The molecule has 2 fully saturated rings. The molecule has 3 radical (unpaired) electrons. The maximum Gasteiger partial charge on any atom is 0.344 e. The molecule has 0 saturated carbocycles. The van der Waals surface area contributed by atoms with Crippen molar-refractivity contribution in [3.05, 3.63) is 6.33 Å². The van der Waals surface area contributed by atoms with Gasteiger partial charge in [-0.05, 0) is 6.26 Å². The van der Waals surface area contributed by atoms with Crippen LogP contribution in [-0.4, -0.2) is 92.4 Å². The second kappa shape index (κ2) is 10.3. The zero-order valence-corrected chi connectivity index (χ0v) is 22.1. The van der Waals surface area contributed by atoms with E-state index in [-0.39, 0.29) is 5.82 Å². The van der Waals surface area contributed by atoms with Crippen molar-refractivity contribution in [3.63, 3.8) is 0 Å². The SMILES string of the molecule is [B-]P(=O)(OC[C@H]1O[C@@H](n2cnc3c(N)nc(SC)nc32)[C@@H]2OC(OC)O[C@@H]21)OP(=O)(O)CP(=O)(O)O. The average molecular weight is 587 g/mol. The van der Waals surface area contributed by atoms with Crippen LogP contribution in [0.5, 0.6) is 0 Å². The minimum absolute atomic E-state index is 0.154. The van der Waals surface area contributed by atoms with E-state index in [4.69, 9.17) is 46.6 Å². The molecule has 36 heavy (non-hydrogen) atoms. The molecule has 0 spiro atoms. The Balaban J connectivity index is 1.54. The van der Waals surface area contributed by atoms with E-state index >= 15 is 0 Å². The molecule has 7 atom stereocenters. The first-order valence-electron chi connectivity index (χ1n) is 9.86. The molecular weight excluding hydrogens is 566 g/mol. The van der Waals surface area contributed by atoms with Crippen molar-refractivity contribution in [3.8, 4) is 0 Å². The zero-order valence-electron chi connectivity index (χ0n) is 18.6. The van der Waals surface area contributed by atoms with E-state index in [1.54, 1.807) is 6.26 Å². The van der Waals surface area contributed by atoms with Crippen molar-refractivity contribution >= 4 is 59.0 Å². The van der Waals surface area contributed by atoms with Gasteiger partial charge < -0.3 is 56.0 Å². The number of ether oxygens (including phenoxy) is 4. The van der Waals surface area contributed by atoms with Crippen LogP contribution >= 0.6 is 34.4 Å². The van der Waals surface area contributed by atoms with E-state index in [9.17, 15) is 18.6 Å². The molecule has 2 aromatic rings. The monoisotopic (exact) mass is 587 g/mol. The molecule has 22 heteroatoms. The van der Waals surface area contributed by atoms with Crippen molar-refractivity contribution in [1.29, 1.82) is 0 Å². The molecule has 199 valence electrons. The van der Waals surface area contributed by atoms with E-state index in [1.807, 2.05) is 0 Å². The molecule has 4 heterocycles. The number of rotatable bonds is 10. The van der Waals surface area contributed by atoms with Gasteiger partial charge in [-0.15, -0.1) is 0 Å². The lowest BCUT2D eigenvalue weighted by atomic mass is 10.1. The summed E-state index contributed by atoms with van der Waals surface area (Å²) in [7, 11) is -8.09. The van der Waals surface area contributed by atoms with E-state index in [0.717, 1.165) is 0 Å². The Morgan fingerprint density at radius 2 is 1.89 bits per heavy atom. The largest absolute Gasteiger partial charge is 0.443 e. The van der Waals surface area contributed by atoms with Gasteiger partial charge in [0.15, 0.2) is 28.8 Å². The van der Waals surface area contributed by atoms with Crippen molar-refractivity contribution in [2.45, 2.75) is 36.2 Å². The molecule has 17 nitrogen and oxygen atoms in total. The number of methoxy groups -OCH3 is 1. The number of thioether (sulfide) groups is 1. The van der Waals surface area contributed by atoms with E-state index in [0.29, 0.717) is 16.3 Å². The Morgan fingerprint density at radius 3 is 2.53 bits per heavy atom. The summed E-state index contributed by atoms with van der Waals surface area (Å²) in [5, 5.41) is 0.388. The topological polar surface area (TPSA) is 237 Å². The Hall–Kier alpha value is -0.905. The Labute approximate surface area is 208 Å². The van der Waals surface area contributed by atoms with Gasteiger partial charge in [0.2, 0.25) is 0 Å². The van der Waals surface area contributed by atoms with Crippen molar-refractivity contribution in [1.82, 2.24) is 19.5 Å². The first kappa shape index (κ1) is 28.1. The molecule has 0 bridgehead atoms. The minimum atomic E-state index is -5.06. The molecule has 0 amide bonds. The maximum atomic E-state index is 12.4. The van der Waals surface area contributed by atoms with Crippen molar-refractivity contribution in [2.75, 3.05) is 31.6 Å². The van der Waals surface area contributed by atoms with Crippen LogP contribution in [0, 0.1) is 0 Å². The number of nitrogen functional groups attached to an aromatic ring is 1. The third-order valence-electron chi connectivity index (χ3n) is 4.92. The summed E-state index contributed by atoms with van der Waals surface area (Å²) in [6.07, 6.45) is -0.396. The summed E-state index contributed by atoms with van der Waals surface area (Å²) >= 11 is 1.26. The van der Waals surface area contributed by atoms with E-state index in [1.165, 1.54) is 29.8 Å². The number of imidazole rings is 1. The second-order valence-corrected chi connectivity index (χ2v) is 14.1. The summed E-state index contributed by atoms with van der Waals surface area (Å²) in [6, 6.07) is 0. The molecule has 2 aromatic heterocycles. The molecule has 2 saturated heterocycles. The predicted octanol–water partition coefficient (Wildman–Crippen LogP) is 0.372. The fourth-order valence-electron chi connectivity index (χ4n) is 3.61. The van der Waals surface area contributed by atoms with Crippen LogP contribution in [-0.2, 0) is 41.5 Å². The number of nitrogens with zero attached hydrogens (tertiary/aromatic N) is 4. The quantitative estimate of drug-likeness (QED) is 0.127. The number of hydrogen-bond donors (Lipinski definition) is 4. The molecule has 3 unspecified atom stereocenters. The van der Waals surface area contributed by atoms with Gasteiger partial charge in [0.1, 0.15) is 23.8 Å². The van der Waals surface area contributed by atoms with Gasteiger partial charge >= 0.3 is 15.2 Å². The van der Waals surface area contributed by atoms with Crippen LogP contribution < -0.4 is 5.73 Å². The smallest absolute Gasteiger partial charge is 0.344 e.